The van der Waals surface area contributed by atoms with Crippen molar-refractivity contribution in [1.29, 1.82) is 0 Å². The number of hydrogen-bond donors (Lipinski definition) is 1. The monoisotopic (exact) mass is 460 g/mol. The van der Waals surface area contributed by atoms with Gasteiger partial charge in [-0.3, -0.25) is 9.69 Å². The summed E-state index contributed by atoms with van der Waals surface area (Å²) < 4.78 is 6.87. The molecule has 4 nitrogen and oxygen atoms in total. The lowest BCUT2D eigenvalue weighted by molar-refractivity contribution is 0.103. The number of carbonyl (C=O) groups excluding carboxylic acids is 1. The largest absolute Gasteiger partial charge is 0.494 e. The van der Waals surface area contributed by atoms with Crippen LogP contribution >= 0.6 is 11.3 Å². The van der Waals surface area contributed by atoms with E-state index in [9.17, 15) is 4.79 Å². The molecule has 2 aliphatic rings. The maximum Gasteiger partial charge on any atom is 0.193 e. The van der Waals surface area contributed by atoms with Gasteiger partial charge in [0.25, 0.3) is 0 Å². The third-order valence-electron chi connectivity index (χ3n) is 6.94. The number of ether oxygens (including phenoxy) is 1. The van der Waals surface area contributed by atoms with Gasteiger partial charge in [0.2, 0.25) is 0 Å². The van der Waals surface area contributed by atoms with Gasteiger partial charge >= 0.3 is 0 Å². The van der Waals surface area contributed by atoms with E-state index in [4.69, 9.17) is 10.5 Å². The molecule has 1 aromatic heterocycles. The average molecular weight is 461 g/mol. The van der Waals surface area contributed by atoms with Gasteiger partial charge in [0.15, 0.2) is 5.78 Å². The first-order valence-electron chi connectivity index (χ1n) is 12.2. The number of nitrogen functional groups attached to an aromatic ring is 1. The number of allylic oxidation sites excluding steroid dienone is 1. The molecule has 0 saturated carbocycles. The van der Waals surface area contributed by atoms with Crippen molar-refractivity contribution in [2.75, 3.05) is 25.4 Å². The Morgan fingerprint density at radius 3 is 2.91 bits per heavy atom. The van der Waals surface area contributed by atoms with E-state index in [1.165, 1.54) is 37.8 Å². The summed E-state index contributed by atoms with van der Waals surface area (Å²) in [5.41, 5.74) is 10.4. The molecule has 2 N–H and O–H groups in total. The van der Waals surface area contributed by atoms with Crippen LogP contribution < -0.4 is 10.5 Å². The lowest BCUT2D eigenvalue weighted by Crippen LogP contribution is -2.38. The zero-order chi connectivity index (χ0) is 22.8. The molecule has 0 radical (unpaired) electrons. The zero-order valence-corrected chi connectivity index (χ0v) is 20.1. The van der Waals surface area contributed by atoms with Crippen LogP contribution in [0.3, 0.4) is 0 Å². The molecule has 2 aliphatic heterocycles. The molecule has 5 heteroatoms. The van der Waals surface area contributed by atoms with Crippen molar-refractivity contribution in [3.63, 3.8) is 0 Å². The van der Waals surface area contributed by atoms with Crippen LogP contribution in [0.1, 0.15) is 66.9 Å². The maximum atomic E-state index is 13.3. The third-order valence-corrected chi connectivity index (χ3v) is 7.94. The van der Waals surface area contributed by atoms with Crippen molar-refractivity contribution >= 4 is 37.8 Å². The van der Waals surface area contributed by atoms with Crippen molar-refractivity contribution in [2.45, 2.75) is 51.5 Å². The fourth-order valence-corrected chi connectivity index (χ4v) is 6.20. The average Bonchev–Trinajstić information content (AvgIpc) is 3.03. The van der Waals surface area contributed by atoms with Gasteiger partial charge in [-0.1, -0.05) is 31.6 Å². The molecule has 5 rings (SSSR count). The number of nitrogens with zero attached hydrogens (tertiary/aromatic N) is 1. The molecule has 1 unspecified atom stereocenters. The molecule has 1 saturated heterocycles. The van der Waals surface area contributed by atoms with Gasteiger partial charge in [0.05, 0.1) is 11.6 Å². The van der Waals surface area contributed by atoms with Gasteiger partial charge in [0.1, 0.15) is 5.75 Å². The number of ketones is 1. The lowest BCUT2D eigenvalue weighted by Gasteiger charge is -2.33. The van der Waals surface area contributed by atoms with Gasteiger partial charge in [-0.05, 0) is 74.6 Å². The minimum absolute atomic E-state index is 0.0153. The van der Waals surface area contributed by atoms with Gasteiger partial charge in [-0.2, -0.15) is 0 Å². The summed E-state index contributed by atoms with van der Waals surface area (Å²) in [5, 5.41) is 1.96. The third kappa shape index (κ3) is 4.57. The highest BCUT2D eigenvalue weighted by Crippen LogP contribution is 2.42. The van der Waals surface area contributed by atoms with Crippen LogP contribution in [0.15, 0.2) is 48.5 Å². The van der Waals surface area contributed by atoms with Crippen LogP contribution in [-0.2, 0) is 0 Å². The molecule has 0 spiro atoms. The van der Waals surface area contributed by atoms with Crippen LogP contribution in [0.25, 0.3) is 15.7 Å². The van der Waals surface area contributed by atoms with Gasteiger partial charge in [0, 0.05) is 39.4 Å². The first-order chi connectivity index (χ1) is 16.1. The number of thiophene rings is 1. The second-order valence-electron chi connectivity index (χ2n) is 9.17. The summed E-state index contributed by atoms with van der Waals surface area (Å²) in [4.78, 5) is 16.0. The fraction of sp³-hybridized carbons (Fsp3) is 0.393. The molecule has 33 heavy (non-hydrogen) atoms. The standard InChI is InChI=1S/C28H32N2O2S/c1-2-16-32-23-8-5-6-20(17-23)27(31)21-10-12-25-24(18-21)26(28(29)33-25)19-9-11-22-7-3-4-14-30(22)15-13-19/h5-6,8,10,12-13,17-18,22H,2-4,7,9,11,14-16,29H2,1H3. The van der Waals surface area contributed by atoms with E-state index in [1.807, 2.05) is 42.5 Å². The van der Waals surface area contributed by atoms with E-state index >= 15 is 0 Å². The van der Waals surface area contributed by atoms with Crippen LogP contribution in [0.5, 0.6) is 5.75 Å². The highest BCUT2D eigenvalue weighted by Gasteiger charge is 2.26. The highest BCUT2D eigenvalue weighted by molar-refractivity contribution is 7.23. The summed E-state index contributed by atoms with van der Waals surface area (Å²) in [6, 6.07) is 14.2. The number of benzene rings is 2. The fourth-order valence-electron chi connectivity index (χ4n) is 5.21. The Morgan fingerprint density at radius 1 is 1.15 bits per heavy atom. The number of rotatable bonds is 6. The minimum atomic E-state index is 0.0153. The number of carbonyl (C=O) groups is 1. The van der Waals surface area contributed by atoms with Crippen molar-refractivity contribution < 1.29 is 9.53 Å². The predicted molar refractivity (Wildman–Crippen MR) is 138 cm³/mol. The number of hydrogen-bond acceptors (Lipinski definition) is 5. The van der Waals surface area contributed by atoms with Crippen LogP contribution in [0.2, 0.25) is 0 Å². The number of anilines is 1. The molecule has 2 aromatic carbocycles. The Morgan fingerprint density at radius 2 is 2.03 bits per heavy atom. The summed E-state index contributed by atoms with van der Waals surface area (Å²) >= 11 is 1.62. The summed E-state index contributed by atoms with van der Waals surface area (Å²) in [6.45, 7) is 4.92. The number of piperidine rings is 1. The van der Waals surface area contributed by atoms with E-state index in [0.29, 0.717) is 23.8 Å². The van der Waals surface area contributed by atoms with Crippen LogP contribution in [0.4, 0.5) is 5.00 Å². The van der Waals surface area contributed by atoms with Crippen molar-refractivity contribution in [2.24, 2.45) is 0 Å². The Bertz CT molecular complexity index is 1200. The van der Waals surface area contributed by atoms with E-state index in [0.717, 1.165) is 45.8 Å². The van der Waals surface area contributed by atoms with Crippen molar-refractivity contribution in [3.05, 3.63) is 65.2 Å². The number of fused-ring (bicyclic) bond motifs is 2. The normalized spacial score (nSPS) is 19.1. The first-order valence-corrected chi connectivity index (χ1v) is 13.0. The minimum Gasteiger partial charge on any atom is -0.494 e. The molecule has 0 bridgehead atoms. The van der Waals surface area contributed by atoms with E-state index in [2.05, 4.69) is 17.9 Å². The molecule has 3 aromatic rings. The summed E-state index contributed by atoms with van der Waals surface area (Å²) in [6.07, 6.45) is 9.51. The molecule has 172 valence electrons. The molecular weight excluding hydrogens is 428 g/mol. The van der Waals surface area contributed by atoms with Crippen molar-refractivity contribution in [1.82, 2.24) is 4.90 Å². The molecule has 1 atom stereocenters. The Kier molecular flexibility index (Phi) is 6.52. The van der Waals surface area contributed by atoms with E-state index in [1.54, 1.807) is 11.3 Å². The lowest BCUT2D eigenvalue weighted by atomic mass is 9.94. The molecule has 1 fully saturated rings. The Hall–Kier alpha value is -2.63. The van der Waals surface area contributed by atoms with E-state index < -0.39 is 0 Å². The summed E-state index contributed by atoms with van der Waals surface area (Å²) in [7, 11) is 0. The van der Waals surface area contributed by atoms with Crippen molar-refractivity contribution in [3.8, 4) is 5.75 Å². The van der Waals surface area contributed by atoms with E-state index in [-0.39, 0.29) is 5.78 Å². The smallest absolute Gasteiger partial charge is 0.193 e. The second kappa shape index (κ2) is 9.70. The molecule has 0 amide bonds. The van der Waals surface area contributed by atoms with Gasteiger partial charge in [-0.15, -0.1) is 11.3 Å². The van der Waals surface area contributed by atoms with Crippen LogP contribution in [-0.4, -0.2) is 36.4 Å². The molecule has 0 aliphatic carbocycles. The Balaban J connectivity index is 1.47. The van der Waals surface area contributed by atoms with Gasteiger partial charge < -0.3 is 10.5 Å². The SMILES string of the molecule is CCCOc1cccc(C(=O)c2ccc3sc(N)c(C4=CCN5CCCCC5CC4)c3c2)c1. The highest BCUT2D eigenvalue weighted by atomic mass is 32.1. The van der Waals surface area contributed by atoms with Crippen LogP contribution in [0, 0.1) is 0 Å². The first kappa shape index (κ1) is 22.2. The maximum absolute atomic E-state index is 13.3. The number of nitrogens with two attached hydrogens (primary N) is 1. The van der Waals surface area contributed by atoms with Gasteiger partial charge in [-0.25, -0.2) is 0 Å². The second-order valence-corrected chi connectivity index (χ2v) is 10.3. The summed E-state index contributed by atoms with van der Waals surface area (Å²) in [5.74, 6) is 0.755. The quantitative estimate of drug-likeness (QED) is 0.425. The zero-order valence-electron chi connectivity index (χ0n) is 19.3. The molecule has 3 heterocycles. The topological polar surface area (TPSA) is 55.6 Å². The Labute approximate surface area is 200 Å². The molecular formula is C28H32N2O2S. The predicted octanol–water partition coefficient (Wildman–Crippen LogP) is 6.54.